The quantitative estimate of drug-likeness (QED) is 0.898. The molecule has 0 saturated carbocycles. The number of aryl methyl sites for hydroxylation is 3. The van der Waals surface area contributed by atoms with Gasteiger partial charge < -0.3 is 5.11 Å². The molecule has 0 aliphatic heterocycles. The van der Waals surface area contributed by atoms with Gasteiger partial charge in [0.25, 0.3) is 0 Å². The first-order valence-electron chi connectivity index (χ1n) is 5.82. The van der Waals surface area contributed by atoms with Crippen LogP contribution in [-0.4, -0.2) is 10.1 Å². The van der Waals surface area contributed by atoms with E-state index in [0.717, 1.165) is 23.5 Å². The van der Waals surface area contributed by atoms with E-state index in [1.165, 1.54) is 10.4 Å². The highest BCUT2D eigenvalue weighted by atomic mass is 32.1. The van der Waals surface area contributed by atoms with Gasteiger partial charge in [0.05, 0.1) is 5.69 Å². The minimum atomic E-state index is -0.437. The Morgan fingerprint density at radius 3 is 2.53 bits per heavy atom. The first kappa shape index (κ1) is 12.3. The summed E-state index contributed by atoms with van der Waals surface area (Å²) in [5.41, 5.74) is 2.29. The van der Waals surface area contributed by atoms with Gasteiger partial charge in [-0.1, -0.05) is 30.3 Å². The van der Waals surface area contributed by atoms with Crippen molar-refractivity contribution in [2.24, 2.45) is 0 Å². The molecule has 0 aliphatic rings. The molecule has 0 bridgehead atoms. The van der Waals surface area contributed by atoms with Crippen molar-refractivity contribution in [2.45, 2.75) is 32.8 Å². The first-order chi connectivity index (χ1) is 8.16. The second kappa shape index (κ2) is 5.43. The predicted octanol–water partition coefficient (Wildman–Crippen LogP) is 3.43. The lowest BCUT2D eigenvalue weighted by Gasteiger charge is -2.07. The molecule has 1 unspecified atom stereocenters. The van der Waals surface area contributed by atoms with Gasteiger partial charge in [0, 0.05) is 4.88 Å². The third-order valence-electron chi connectivity index (χ3n) is 2.88. The van der Waals surface area contributed by atoms with Crippen LogP contribution in [0.5, 0.6) is 0 Å². The van der Waals surface area contributed by atoms with E-state index in [1.54, 1.807) is 11.3 Å². The van der Waals surface area contributed by atoms with Crippen LogP contribution in [0.15, 0.2) is 30.3 Å². The van der Waals surface area contributed by atoms with E-state index >= 15 is 0 Å². The van der Waals surface area contributed by atoms with Crippen LogP contribution in [0.25, 0.3) is 0 Å². The number of thiazole rings is 1. The van der Waals surface area contributed by atoms with Crippen LogP contribution in [0.2, 0.25) is 0 Å². The largest absolute Gasteiger partial charge is 0.386 e. The fraction of sp³-hybridized carbons (Fsp3) is 0.357. The van der Waals surface area contributed by atoms with Crippen molar-refractivity contribution in [3.05, 3.63) is 51.5 Å². The highest BCUT2D eigenvalue weighted by Crippen LogP contribution is 2.25. The Morgan fingerprint density at radius 2 is 1.94 bits per heavy atom. The Balaban J connectivity index is 1.96. The Morgan fingerprint density at radius 1 is 1.24 bits per heavy atom. The van der Waals surface area contributed by atoms with E-state index < -0.39 is 6.10 Å². The van der Waals surface area contributed by atoms with Crippen LogP contribution in [0.3, 0.4) is 0 Å². The molecule has 0 fully saturated rings. The predicted molar refractivity (Wildman–Crippen MR) is 71.3 cm³/mol. The van der Waals surface area contributed by atoms with E-state index in [1.807, 2.05) is 32.0 Å². The summed E-state index contributed by atoms with van der Waals surface area (Å²) in [7, 11) is 0. The zero-order chi connectivity index (χ0) is 12.3. The lowest BCUT2D eigenvalue weighted by atomic mass is 10.1. The van der Waals surface area contributed by atoms with Crippen molar-refractivity contribution in [3.63, 3.8) is 0 Å². The number of hydrogen-bond acceptors (Lipinski definition) is 3. The van der Waals surface area contributed by atoms with Crippen LogP contribution in [0.4, 0.5) is 0 Å². The maximum absolute atomic E-state index is 10.1. The zero-order valence-electron chi connectivity index (χ0n) is 10.2. The van der Waals surface area contributed by atoms with Gasteiger partial charge in [-0.25, -0.2) is 4.98 Å². The van der Waals surface area contributed by atoms with Crippen LogP contribution in [-0.2, 0) is 6.42 Å². The molecule has 0 spiro atoms. The van der Waals surface area contributed by atoms with Gasteiger partial charge in [0.15, 0.2) is 0 Å². The summed E-state index contributed by atoms with van der Waals surface area (Å²) in [5, 5.41) is 10.9. The fourth-order valence-electron chi connectivity index (χ4n) is 1.71. The first-order valence-corrected chi connectivity index (χ1v) is 6.64. The molecule has 1 N–H and O–H groups in total. The summed E-state index contributed by atoms with van der Waals surface area (Å²) in [6.45, 7) is 4.03. The van der Waals surface area contributed by atoms with Gasteiger partial charge in [0.1, 0.15) is 11.1 Å². The second-order valence-electron chi connectivity index (χ2n) is 4.23. The number of nitrogens with zero attached hydrogens (tertiary/aromatic N) is 1. The SMILES string of the molecule is Cc1nc(C(O)CCc2ccccc2)sc1C. The summed E-state index contributed by atoms with van der Waals surface area (Å²) in [5.74, 6) is 0. The zero-order valence-corrected chi connectivity index (χ0v) is 11.0. The minimum Gasteiger partial charge on any atom is -0.386 e. The van der Waals surface area contributed by atoms with Crippen LogP contribution >= 0.6 is 11.3 Å². The smallest absolute Gasteiger partial charge is 0.122 e. The number of aliphatic hydroxyl groups is 1. The van der Waals surface area contributed by atoms with Gasteiger partial charge in [-0.05, 0) is 32.3 Å². The van der Waals surface area contributed by atoms with Crippen molar-refractivity contribution in [1.82, 2.24) is 4.98 Å². The summed E-state index contributed by atoms with van der Waals surface area (Å²) < 4.78 is 0. The topological polar surface area (TPSA) is 33.1 Å². The maximum atomic E-state index is 10.1. The number of aromatic nitrogens is 1. The molecule has 2 aromatic rings. The molecule has 0 saturated heterocycles. The normalized spacial score (nSPS) is 12.6. The lowest BCUT2D eigenvalue weighted by Crippen LogP contribution is -1.99. The Labute approximate surface area is 106 Å². The molecule has 0 radical (unpaired) electrons. The van der Waals surface area contributed by atoms with Gasteiger partial charge >= 0.3 is 0 Å². The number of rotatable bonds is 4. The van der Waals surface area contributed by atoms with Crippen molar-refractivity contribution in [1.29, 1.82) is 0 Å². The Bertz CT molecular complexity index is 459. The average Bonchev–Trinajstić information content (AvgIpc) is 2.68. The van der Waals surface area contributed by atoms with E-state index in [0.29, 0.717) is 0 Å². The summed E-state index contributed by atoms with van der Waals surface area (Å²) in [4.78, 5) is 5.58. The van der Waals surface area contributed by atoms with Crippen LogP contribution in [0, 0.1) is 13.8 Å². The minimum absolute atomic E-state index is 0.437. The van der Waals surface area contributed by atoms with E-state index in [2.05, 4.69) is 17.1 Å². The molecular weight excluding hydrogens is 230 g/mol. The Hall–Kier alpha value is -1.19. The average molecular weight is 247 g/mol. The molecule has 1 heterocycles. The number of benzene rings is 1. The van der Waals surface area contributed by atoms with Gasteiger partial charge in [-0.3, -0.25) is 0 Å². The number of aliphatic hydroxyl groups excluding tert-OH is 1. The number of hydrogen-bond donors (Lipinski definition) is 1. The van der Waals surface area contributed by atoms with Crippen molar-refractivity contribution in [3.8, 4) is 0 Å². The molecule has 0 amide bonds. The second-order valence-corrected chi connectivity index (χ2v) is 5.47. The molecule has 2 rings (SSSR count). The van der Waals surface area contributed by atoms with Crippen LogP contribution < -0.4 is 0 Å². The summed E-state index contributed by atoms with van der Waals surface area (Å²) >= 11 is 1.60. The Kier molecular flexibility index (Phi) is 3.92. The van der Waals surface area contributed by atoms with Gasteiger partial charge in [-0.15, -0.1) is 11.3 Å². The summed E-state index contributed by atoms with van der Waals surface area (Å²) in [6.07, 6.45) is 1.18. The van der Waals surface area contributed by atoms with Crippen LogP contribution in [0.1, 0.15) is 33.7 Å². The lowest BCUT2D eigenvalue weighted by molar-refractivity contribution is 0.167. The van der Waals surface area contributed by atoms with Gasteiger partial charge in [-0.2, -0.15) is 0 Å². The van der Waals surface area contributed by atoms with Crippen molar-refractivity contribution >= 4 is 11.3 Å². The van der Waals surface area contributed by atoms with Crippen molar-refractivity contribution in [2.75, 3.05) is 0 Å². The molecule has 1 atom stereocenters. The molecule has 2 nitrogen and oxygen atoms in total. The highest BCUT2D eigenvalue weighted by Gasteiger charge is 2.13. The fourth-order valence-corrected chi connectivity index (χ4v) is 2.66. The summed E-state index contributed by atoms with van der Waals surface area (Å²) in [6, 6.07) is 10.2. The molecule has 3 heteroatoms. The standard InChI is InChI=1S/C14H17NOS/c1-10-11(2)17-14(15-10)13(16)9-8-12-6-4-3-5-7-12/h3-7,13,16H,8-9H2,1-2H3. The monoisotopic (exact) mass is 247 g/mol. The molecule has 90 valence electrons. The highest BCUT2D eigenvalue weighted by molar-refractivity contribution is 7.11. The maximum Gasteiger partial charge on any atom is 0.122 e. The van der Waals surface area contributed by atoms with E-state index in [4.69, 9.17) is 0 Å². The van der Waals surface area contributed by atoms with E-state index in [9.17, 15) is 5.11 Å². The molecule has 0 aliphatic carbocycles. The molecular formula is C14H17NOS. The van der Waals surface area contributed by atoms with Crippen molar-refractivity contribution < 1.29 is 5.11 Å². The molecule has 1 aromatic carbocycles. The third-order valence-corrected chi connectivity index (χ3v) is 4.05. The van der Waals surface area contributed by atoms with Gasteiger partial charge in [0.2, 0.25) is 0 Å². The molecule has 17 heavy (non-hydrogen) atoms. The third kappa shape index (κ3) is 3.14. The van der Waals surface area contributed by atoms with E-state index in [-0.39, 0.29) is 0 Å². The molecule has 1 aromatic heterocycles.